The number of unbranched alkanes of at least 4 members (excludes halogenated alkanes) is 2. The molecule has 0 aromatic heterocycles. The summed E-state index contributed by atoms with van der Waals surface area (Å²) < 4.78 is 5.45. The molecule has 1 aromatic rings. The maximum atomic E-state index is 12.1. The first kappa shape index (κ1) is 19.7. The minimum Gasteiger partial charge on any atom is -0.496 e. The fourth-order valence-corrected chi connectivity index (χ4v) is 3.62. The first-order valence-electron chi connectivity index (χ1n) is 8.50. The third kappa shape index (κ3) is 4.51. The Kier molecular flexibility index (Phi) is 6.81. The lowest BCUT2D eigenvalue weighted by Crippen LogP contribution is -2.63. The zero-order valence-electron chi connectivity index (χ0n) is 14.5. The molecule has 138 valence electrons. The fourth-order valence-electron chi connectivity index (χ4n) is 3.44. The summed E-state index contributed by atoms with van der Waals surface area (Å²) in [5.41, 5.74) is 11.8. The van der Waals surface area contributed by atoms with Crippen LogP contribution in [0.25, 0.3) is 0 Å². The van der Waals surface area contributed by atoms with Gasteiger partial charge in [-0.1, -0.05) is 11.6 Å². The number of piperidine rings is 1. The Labute approximate surface area is 153 Å². The van der Waals surface area contributed by atoms with Crippen LogP contribution in [0.15, 0.2) is 18.2 Å². The summed E-state index contributed by atoms with van der Waals surface area (Å²) in [4.78, 5) is 24.8. The van der Waals surface area contributed by atoms with Crippen LogP contribution in [0, 0.1) is 0 Å². The number of benzene rings is 1. The van der Waals surface area contributed by atoms with Gasteiger partial charge in [0.15, 0.2) is 0 Å². The predicted octanol–water partition coefficient (Wildman–Crippen LogP) is 1.69. The first-order valence-corrected chi connectivity index (χ1v) is 8.88. The van der Waals surface area contributed by atoms with Gasteiger partial charge in [0.05, 0.1) is 7.11 Å². The van der Waals surface area contributed by atoms with Crippen molar-refractivity contribution >= 4 is 23.8 Å². The zero-order valence-corrected chi connectivity index (χ0v) is 15.3. The number of amides is 1. The number of carbonyl (C=O) groups excluding carboxylic acids is 2. The molecule has 1 aliphatic heterocycles. The molecule has 0 spiro atoms. The van der Waals surface area contributed by atoms with Crippen molar-refractivity contribution in [2.45, 2.75) is 37.1 Å². The van der Waals surface area contributed by atoms with Crippen LogP contribution in [0.2, 0.25) is 5.02 Å². The van der Waals surface area contributed by atoms with Gasteiger partial charge in [-0.05, 0) is 44.0 Å². The van der Waals surface area contributed by atoms with E-state index in [2.05, 4.69) is 4.90 Å². The van der Waals surface area contributed by atoms with E-state index in [1.807, 2.05) is 0 Å². The second-order valence-electron chi connectivity index (χ2n) is 6.56. The predicted molar refractivity (Wildman–Crippen MR) is 97.8 cm³/mol. The highest BCUT2D eigenvalue weighted by Crippen LogP contribution is 2.39. The van der Waals surface area contributed by atoms with E-state index in [1.165, 1.54) is 0 Å². The number of hydrogen-bond donors (Lipinski definition) is 2. The number of methoxy groups -OCH3 is 1. The van der Waals surface area contributed by atoms with E-state index >= 15 is 0 Å². The quantitative estimate of drug-likeness (QED) is 0.538. The maximum Gasteiger partial charge on any atom is 0.238 e. The molecule has 6 nitrogen and oxygen atoms in total. The third-order valence-corrected chi connectivity index (χ3v) is 5.21. The van der Waals surface area contributed by atoms with E-state index in [1.54, 1.807) is 25.3 Å². The molecule has 0 radical (unpaired) electrons. The van der Waals surface area contributed by atoms with Gasteiger partial charge in [-0.3, -0.25) is 4.79 Å². The SMILES string of the molecule is COc1ccc(Cl)cc1C1CN(CCCCC=O)CCC1(N)C(N)=O. The zero-order chi connectivity index (χ0) is 18.4. The second kappa shape index (κ2) is 8.65. The van der Waals surface area contributed by atoms with E-state index in [0.29, 0.717) is 36.7 Å². The first-order chi connectivity index (χ1) is 11.9. The van der Waals surface area contributed by atoms with Crippen molar-refractivity contribution in [1.82, 2.24) is 4.90 Å². The summed E-state index contributed by atoms with van der Waals surface area (Å²) in [6.45, 7) is 2.14. The molecule has 1 fully saturated rings. The largest absolute Gasteiger partial charge is 0.496 e. The minimum absolute atomic E-state index is 0.307. The summed E-state index contributed by atoms with van der Waals surface area (Å²) in [6.07, 6.45) is 3.76. The number of nitrogens with zero attached hydrogens (tertiary/aromatic N) is 1. The van der Waals surface area contributed by atoms with E-state index in [-0.39, 0.29) is 5.92 Å². The van der Waals surface area contributed by atoms with Crippen LogP contribution < -0.4 is 16.2 Å². The molecule has 2 unspecified atom stereocenters. The van der Waals surface area contributed by atoms with Crippen LogP contribution in [-0.2, 0) is 9.59 Å². The molecule has 1 heterocycles. The molecule has 1 amide bonds. The van der Waals surface area contributed by atoms with Crippen LogP contribution in [0.5, 0.6) is 5.75 Å². The Hall–Kier alpha value is -1.63. The summed E-state index contributed by atoms with van der Waals surface area (Å²) in [6, 6.07) is 5.32. The molecular formula is C18H26ClN3O3. The van der Waals surface area contributed by atoms with E-state index < -0.39 is 11.4 Å². The van der Waals surface area contributed by atoms with Crippen molar-refractivity contribution in [3.63, 3.8) is 0 Å². The van der Waals surface area contributed by atoms with E-state index in [9.17, 15) is 9.59 Å². The summed E-state index contributed by atoms with van der Waals surface area (Å²) >= 11 is 6.16. The van der Waals surface area contributed by atoms with Gasteiger partial charge >= 0.3 is 0 Å². The summed E-state index contributed by atoms with van der Waals surface area (Å²) in [7, 11) is 1.58. The van der Waals surface area contributed by atoms with Gasteiger partial charge in [0, 0.05) is 36.0 Å². The van der Waals surface area contributed by atoms with Gasteiger partial charge in [0.1, 0.15) is 17.6 Å². The molecule has 2 rings (SSSR count). The molecule has 7 heteroatoms. The van der Waals surface area contributed by atoms with Gasteiger partial charge in [0.2, 0.25) is 5.91 Å². The van der Waals surface area contributed by atoms with Crippen molar-refractivity contribution < 1.29 is 14.3 Å². The monoisotopic (exact) mass is 367 g/mol. The van der Waals surface area contributed by atoms with Crippen LogP contribution >= 0.6 is 11.6 Å². The lowest BCUT2D eigenvalue weighted by molar-refractivity contribution is -0.125. The van der Waals surface area contributed by atoms with Crippen LogP contribution in [0.4, 0.5) is 0 Å². The molecule has 0 saturated carbocycles. The lowest BCUT2D eigenvalue weighted by atomic mass is 9.74. The molecule has 1 aliphatic rings. The molecule has 1 aromatic carbocycles. The fraction of sp³-hybridized carbons (Fsp3) is 0.556. The van der Waals surface area contributed by atoms with Crippen molar-refractivity contribution in [2.24, 2.45) is 11.5 Å². The highest BCUT2D eigenvalue weighted by molar-refractivity contribution is 6.30. The Morgan fingerprint density at radius 2 is 2.24 bits per heavy atom. The average molecular weight is 368 g/mol. The second-order valence-corrected chi connectivity index (χ2v) is 6.99. The van der Waals surface area contributed by atoms with Gasteiger partial charge in [-0.25, -0.2) is 0 Å². The average Bonchev–Trinajstić information content (AvgIpc) is 2.60. The number of carbonyl (C=O) groups is 2. The number of hydrogen-bond acceptors (Lipinski definition) is 5. The van der Waals surface area contributed by atoms with Gasteiger partial charge < -0.3 is 25.9 Å². The van der Waals surface area contributed by atoms with Crippen molar-refractivity contribution in [3.05, 3.63) is 28.8 Å². The van der Waals surface area contributed by atoms with Gasteiger partial charge in [0.25, 0.3) is 0 Å². The Bertz CT molecular complexity index is 626. The van der Waals surface area contributed by atoms with E-state index in [0.717, 1.165) is 31.2 Å². The molecular weight excluding hydrogens is 342 g/mol. The number of ether oxygens (including phenoxy) is 1. The number of primary amides is 1. The number of rotatable bonds is 8. The number of likely N-dealkylation sites (tertiary alicyclic amines) is 1. The smallest absolute Gasteiger partial charge is 0.238 e. The maximum absolute atomic E-state index is 12.1. The Morgan fingerprint density at radius 3 is 2.88 bits per heavy atom. The number of nitrogens with two attached hydrogens (primary N) is 2. The molecule has 2 atom stereocenters. The van der Waals surface area contributed by atoms with Crippen LogP contribution in [0.1, 0.15) is 37.2 Å². The lowest BCUT2D eigenvalue weighted by Gasteiger charge is -2.44. The highest BCUT2D eigenvalue weighted by atomic mass is 35.5. The molecule has 0 bridgehead atoms. The normalized spacial score (nSPS) is 24.0. The van der Waals surface area contributed by atoms with E-state index in [4.69, 9.17) is 27.8 Å². The molecule has 1 saturated heterocycles. The molecule has 0 aliphatic carbocycles. The Morgan fingerprint density at radius 1 is 1.48 bits per heavy atom. The van der Waals surface area contributed by atoms with Crippen LogP contribution in [-0.4, -0.2) is 49.4 Å². The third-order valence-electron chi connectivity index (χ3n) is 4.98. The van der Waals surface area contributed by atoms with Gasteiger partial charge in [-0.2, -0.15) is 0 Å². The summed E-state index contributed by atoms with van der Waals surface area (Å²) in [5.74, 6) is -0.174. The number of halogens is 1. The molecule has 4 N–H and O–H groups in total. The summed E-state index contributed by atoms with van der Waals surface area (Å²) in [5, 5.41) is 0.561. The minimum atomic E-state index is -1.14. The van der Waals surface area contributed by atoms with Crippen molar-refractivity contribution in [3.8, 4) is 5.75 Å². The van der Waals surface area contributed by atoms with Crippen molar-refractivity contribution in [1.29, 1.82) is 0 Å². The topological polar surface area (TPSA) is 98.7 Å². The standard InChI is InChI=1S/C18H26ClN3O3/c1-25-16-6-5-13(19)11-14(16)15-12-22(8-3-2-4-10-23)9-7-18(15,21)17(20)24/h5-6,10-11,15H,2-4,7-9,12,21H2,1H3,(H2,20,24). The Balaban J connectivity index is 2.26. The van der Waals surface area contributed by atoms with Crippen LogP contribution in [0.3, 0.4) is 0 Å². The van der Waals surface area contributed by atoms with Crippen molar-refractivity contribution in [2.75, 3.05) is 26.7 Å². The number of aldehydes is 1. The highest BCUT2D eigenvalue weighted by Gasteiger charge is 2.46. The molecule has 25 heavy (non-hydrogen) atoms. The van der Waals surface area contributed by atoms with Gasteiger partial charge in [-0.15, -0.1) is 0 Å².